The molecular formula is C21H15NO. The molecule has 4 rings (SSSR count). The number of ketones is 1. The molecule has 0 unspecified atom stereocenters. The van der Waals surface area contributed by atoms with Crippen LogP contribution in [0.2, 0.25) is 0 Å². The van der Waals surface area contributed by atoms with Crippen molar-refractivity contribution >= 4 is 11.9 Å². The zero-order chi connectivity index (χ0) is 15.6. The number of pyridine rings is 1. The Morgan fingerprint density at radius 3 is 2.61 bits per heavy atom. The highest BCUT2D eigenvalue weighted by Crippen LogP contribution is 2.28. The molecule has 0 spiro atoms. The molecule has 3 aromatic rings. The predicted octanol–water partition coefficient (Wildman–Crippen LogP) is 4.57. The summed E-state index contributed by atoms with van der Waals surface area (Å²) in [5.41, 5.74) is 6.04. The summed E-state index contributed by atoms with van der Waals surface area (Å²) in [6.45, 7) is 0. The lowest BCUT2D eigenvalue weighted by Crippen LogP contribution is -1.95. The lowest BCUT2D eigenvalue weighted by molar-refractivity contribution is 0.104. The number of aromatic nitrogens is 1. The molecule has 1 aliphatic carbocycles. The summed E-state index contributed by atoms with van der Waals surface area (Å²) in [5.74, 6) is 0.146. The molecule has 0 fully saturated rings. The first kappa shape index (κ1) is 13.6. The molecule has 2 heteroatoms. The molecule has 110 valence electrons. The van der Waals surface area contributed by atoms with Gasteiger partial charge in [0, 0.05) is 35.5 Å². The summed E-state index contributed by atoms with van der Waals surface area (Å²) in [6, 6.07) is 20.0. The van der Waals surface area contributed by atoms with Crippen molar-refractivity contribution in [2.24, 2.45) is 0 Å². The SMILES string of the molecule is O=C1/C(=C\c2cccc(-c3cccnc3)c2)Cc2ccccc21. The molecule has 0 atom stereocenters. The fraction of sp³-hybridized carbons (Fsp3) is 0.0476. The van der Waals surface area contributed by atoms with Gasteiger partial charge in [0.15, 0.2) is 5.78 Å². The van der Waals surface area contributed by atoms with E-state index in [1.54, 1.807) is 6.20 Å². The van der Waals surface area contributed by atoms with Gasteiger partial charge in [0.1, 0.15) is 0 Å². The summed E-state index contributed by atoms with van der Waals surface area (Å²) >= 11 is 0. The summed E-state index contributed by atoms with van der Waals surface area (Å²) in [5, 5.41) is 0. The maximum absolute atomic E-state index is 12.5. The van der Waals surface area contributed by atoms with E-state index in [0.717, 1.165) is 33.4 Å². The number of hydrogen-bond donors (Lipinski definition) is 0. The van der Waals surface area contributed by atoms with E-state index in [1.165, 1.54) is 0 Å². The molecule has 0 radical (unpaired) electrons. The molecular weight excluding hydrogens is 282 g/mol. The van der Waals surface area contributed by atoms with Crippen molar-refractivity contribution in [3.05, 3.63) is 95.3 Å². The van der Waals surface area contributed by atoms with Gasteiger partial charge >= 0.3 is 0 Å². The smallest absolute Gasteiger partial charge is 0.189 e. The molecule has 2 nitrogen and oxygen atoms in total. The van der Waals surface area contributed by atoms with Crippen LogP contribution in [0.1, 0.15) is 21.5 Å². The number of allylic oxidation sites excluding steroid dienone is 1. The van der Waals surface area contributed by atoms with Gasteiger partial charge in [-0.05, 0) is 34.9 Å². The first-order chi connectivity index (χ1) is 11.3. The topological polar surface area (TPSA) is 30.0 Å². The Labute approximate surface area is 135 Å². The standard InChI is InChI=1S/C21H15NO/c23-21-19(13-17-6-1-2-9-20(17)21)12-15-5-3-7-16(11-15)18-8-4-10-22-14-18/h1-12,14H,13H2/b19-12-. The zero-order valence-electron chi connectivity index (χ0n) is 12.6. The minimum absolute atomic E-state index is 0.146. The summed E-state index contributed by atoms with van der Waals surface area (Å²) in [7, 11) is 0. The van der Waals surface area contributed by atoms with Crippen molar-refractivity contribution < 1.29 is 4.79 Å². The normalized spacial score (nSPS) is 15.0. The number of carbonyl (C=O) groups is 1. The van der Waals surface area contributed by atoms with Crippen LogP contribution in [0.5, 0.6) is 0 Å². The number of carbonyl (C=O) groups excluding carboxylic acids is 1. The second-order valence-corrected chi connectivity index (χ2v) is 5.70. The van der Waals surface area contributed by atoms with Crippen LogP contribution in [-0.2, 0) is 6.42 Å². The van der Waals surface area contributed by atoms with Crippen LogP contribution >= 0.6 is 0 Å². The highest BCUT2D eigenvalue weighted by Gasteiger charge is 2.23. The van der Waals surface area contributed by atoms with Crippen LogP contribution in [0.25, 0.3) is 17.2 Å². The average molecular weight is 297 g/mol. The third-order valence-corrected chi connectivity index (χ3v) is 4.16. The third kappa shape index (κ3) is 2.59. The Balaban J connectivity index is 1.69. The summed E-state index contributed by atoms with van der Waals surface area (Å²) in [6.07, 6.45) is 6.33. The molecule has 2 aromatic carbocycles. The molecule has 1 aliphatic rings. The van der Waals surface area contributed by atoms with E-state index < -0.39 is 0 Å². The molecule has 0 saturated heterocycles. The summed E-state index contributed by atoms with van der Waals surface area (Å²) < 4.78 is 0. The van der Waals surface area contributed by atoms with Crippen molar-refractivity contribution in [2.75, 3.05) is 0 Å². The average Bonchev–Trinajstić information content (AvgIpc) is 2.92. The summed E-state index contributed by atoms with van der Waals surface area (Å²) in [4.78, 5) is 16.6. The van der Waals surface area contributed by atoms with Gasteiger partial charge in [-0.1, -0.05) is 48.5 Å². The fourth-order valence-corrected chi connectivity index (χ4v) is 3.01. The molecule has 0 N–H and O–H groups in total. The van der Waals surface area contributed by atoms with Crippen LogP contribution < -0.4 is 0 Å². The minimum Gasteiger partial charge on any atom is -0.289 e. The first-order valence-corrected chi connectivity index (χ1v) is 7.65. The highest BCUT2D eigenvalue weighted by molar-refractivity contribution is 6.15. The number of fused-ring (bicyclic) bond motifs is 1. The van der Waals surface area contributed by atoms with Crippen molar-refractivity contribution in [2.45, 2.75) is 6.42 Å². The van der Waals surface area contributed by atoms with Gasteiger partial charge in [-0.3, -0.25) is 9.78 Å². The van der Waals surface area contributed by atoms with Gasteiger partial charge in [0.25, 0.3) is 0 Å². The van der Waals surface area contributed by atoms with Gasteiger partial charge in [0.2, 0.25) is 0 Å². The second kappa shape index (κ2) is 5.65. The van der Waals surface area contributed by atoms with E-state index in [2.05, 4.69) is 17.1 Å². The number of benzene rings is 2. The van der Waals surface area contributed by atoms with Crippen molar-refractivity contribution in [3.63, 3.8) is 0 Å². The van der Waals surface area contributed by atoms with E-state index in [4.69, 9.17) is 0 Å². The highest BCUT2D eigenvalue weighted by atomic mass is 16.1. The van der Waals surface area contributed by atoms with Crippen molar-refractivity contribution in [1.29, 1.82) is 0 Å². The lowest BCUT2D eigenvalue weighted by atomic mass is 10.0. The molecule has 23 heavy (non-hydrogen) atoms. The number of hydrogen-bond acceptors (Lipinski definition) is 2. The van der Waals surface area contributed by atoms with Gasteiger partial charge in [-0.15, -0.1) is 0 Å². The molecule has 0 bridgehead atoms. The molecule has 1 heterocycles. The van der Waals surface area contributed by atoms with Crippen LogP contribution in [0.3, 0.4) is 0 Å². The maximum atomic E-state index is 12.5. The van der Waals surface area contributed by atoms with Crippen molar-refractivity contribution in [3.8, 4) is 11.1 Å². The maximum Gasteiger partial charge on any atom is 0.189 e. The molecule has 0 aliphatic heterocycles. The Bertz CT molecular complexity index is 910. The van der Waals surface area contributed by atoms with Gasteiger partial charge in [-0.2, -0.15) is 0 Å². The van der Waals surface area contributed by atoms with Gasteiger partial charge < -0.3 is 0 Å². The lowest BCUT2D eigenvalue weighted by Gasteiger charge is -2.03. The van der Waals surface area contributed by atoms with E-state index in [0.29, 0.717) is 6.42 Å². The zero-order valence-corrected chi connectivity index (χ0v) is 12.6. The van der Waals surface area contributed by atoms with Crippen LogP contribution in [-0.4, -0.2) is 10.8 Å². The van der Waals surface area contributed by atoms with Gasteiger partial charge in [-0.25, -0.2) is 0 Å². The number of nitrogens with zero attached hydrogens (tertiary/aromatic N) is 1. The second-order valence-electron chi connectivity index (χ2n) is 5.70. The van der Waals surface area contributed by atoms with E-state index in [-0.39, 0.29) is 5.78 Å². The van der Waals surface area contributed by atoms with E-state index in [1.807, 2.05) is 60.8 Å². The number of Topliss-reactive ketones (excluding diaryl/α,β-unsaturated/α-hetero) is 1. The van der Waals surface area contributed by atoms with E-state index >= 15 is 0 Å². The van der Waals surface area contributed by atoms with Crippen molar-refractivity contribution in [1.82, 2.24) is 4.98 Å². The Kier molecular flexibility index (Phi) is 3.35. The largest absolute Gasteiger partial charge is 0.289 e. The van der Waals surface area contributed by atoms with E-state index in [9.17, 15) is 4.79 Å². The Morgan fingerprint density at radius 1 is 0.913 bits per heavy atom. The molecule has 0 saturated carbocycles. The first-order valence-electron chi connectivity index (χ1n) is 7.65. The number of rotatable bonds is 2. The predicted molar refractivity (Wildman–Crippen MR) is 92.1 cm³/mol. The van der Waals surface area contributed by atoms with Crippen LogP contribution in [0.4, 0.5) is 0 Å². The Hall–Kier alpha value is -3.00. The Morgan fingerprint density at radius 2 is 1.78 bits per heavy atom. The third-order valence-electron chi connectivity index (χ3n) is 4.16. The van der Waals surface area contributed by atoms with Crippen LogP contribution in [0, 0.1) is 0 Å². The fourth-order valence-electron chi connectivity index (χ4n) is 3.01. The molecule has 0 amide bonds. The minimum atomic E-state index is 0.146. The monoisotopic (exact) mass is 297 g/mol. The molecule has 1 aromatic heterocycles. The quantitative estimate of drug-likeness (QED) is 0.648. The van der Waals surface area contributed by atoms with Gasteiger partial charge in [0.05, 0.1) is 0 Å². The van der Waals surface area contributed by atoms with Crippen LogP contribution in [0.15, 0.2) is 78.6 Å².